The zero-order valence-electron chi connectivity index (χ0n) is 8.69. The molecule has 0 aliphatic heterocycles. The van der Waals surface area contributed by atoms with Crippen LogP contribution >= 0.6 is 0 Å². The molecule has 0 amide bonds. The molecule has 0 aromatic carbocycles. The highest BCUT2D eigenvalue weighted by Crippen LogP contribution is 2.17. The Hall–Kier alpha value is -1.45. The molecule has 0 fully saturated rings. The van der Waals surface area contributed by atoms with Gasteiger partial charge in [0, 0.05) is 20.0 Å². The summed E-state index contributed by atoms with van der Waals surface area (Å²) in [5.74, 6) is 0. The molecule has 1 aromatic heterocycles. The van der Waals surface area contributed by atoms with Crippen molar-refractivity contribution in [3.63, 3.8) is 0 Å². The van der Waals surface area contributed by atoms with Crippen molar-refractivity contribution in [1.29, 1.82) is 0 Å². The molecule has 1 aromatic rings. The summed E-state index contributed by atoms with van der Waals surface area (Å²) >= 11 is 0. The third-order valence-corrected chi connectivity index (χ3v) is 2.00. The van der Waals surface area contributed by atoms with Crippen LogP contribution in [0.5, 0.6) is 0 Å². The molecule has 5 heteroatoms. The van der Waals surface area contributed by atoms with Crippen LogP contribution in [0.25, 0.3) is 0 Å². The SMILES string of the molecule is CN(C)CCc1c(N=C=O)cnn1C. The van der Waals surface area contributed by atoms with E-state index in [2.05, 4.69) is 15.0 Å². The Morgan fingerprint density at radius 3 is 2.93 bits per heavy atom. The van der Waals surface area contributed by atoms with Crippen LogP contribution < -0.4 is 0 Å². The van der Waals surface area contributed by atoms with E-state index >= 15 is 0 Å². The first-order chi connectivity index (χ1) is 6.65. The van der Waals surface area contributed by atoms with E-state index in [1.54, 1.807) is 10.9 Å². The second-order valence-corrected chi connectivity index (χ2v) is 3.36. The topological polar surface area (TPSA) is 50.5 Å². The molecule has 0 radical (unpaired) electrons. The van der Waals surface area contributed by atoms with Crippen molar-refractivity contribution in [1.82, 2.24) is 14.7 Å². The lowest BCUT2D eigenvalue weighted by Gasteiger charge is -2.09. The molecule has 5 nitrogen and oxygen atoms in total. The first-order valence-electron chi connectivity index (χ1n) is 4.38. The summed E-state index contributed by atoms with van der Waals surface area (Å²) in [6.45, 7) is 0.904. The van der Waals surface area contributed by atoms with E-state index in [4.69, 9.17) is 0 Å². The first kappa shape index (κ1) is 10.6. The molecule has 0 bridgehead atoms. The molecule has 0 N–H and O–H groups in total. The molecule has 0 aliphatic carbocycles. The van der Waals surface area contributed by atoms with Gasteiger partial charge >= 0.3 is 0 Å². The molecule has 0 aliphatic rings. The number of nitrogens with zero attached hydrogens (tertiary/aromatic N) is 4. The summed E-state index contributed by atoms with van der Waals surface area (Å²) in [6, 6.07) is 0. The smallest absolute Gasteiger partial charge is 0.240 e. The number of aryl methyl sites for hydroxylation is 1. The number of hydrogen-bond donors (Lipinski definition) is 0. The van der Waals surface area contributed by atoms with E-state index in [0.29, 0.717) is 5.69 Å². The van der Waals surface area contributed by atoms with Crippen LogP contribution in [0.1, 0.15) is 5.69 Å². The fourth-order valence-corrected chi connectivity index (χ4v) is 1.21. The van der Waals surface area contributed by atoms with E-state index in [9.17, 15) is 4.79 Å². The maximum atomic E-state index is 10.1. The Kier molecular flexibility index (Phi) is 3.56. The highest BCUT2D eigenvalue weighted by molar-refractivity contribution is 5.50. The molecular formula is C9H14N4O. The maximum Gasteiger partial charge on any atom is 0.240 e. The van der Waals surface area contributed by atoms with Crippen molar-refractivity contribution >= 4 is 11.8 Å². The Morgan fingerprint density at radius 1 is 1.64 bits per heavy atom. The number of likely N-dealkylation sites (N-methyl/N-ethyl adjacent to an activating group) is 1. The monoisotopic (exact) mass is 194 g/mol. The highest BCUT2D eigenvalue weighted by Gasteiger charge is 2.07. The third-order valence-electron chi connectivity index (χ3n) is 2.00. The minimum atomic E-state index is 0.615. The van der Waals surface area contributed by atoms with Gasteiger partial charge in [0.15, 0.2) is 0 Å². The fourth-order valence-electron chi connectivity index (χ4n) is 1.21. The van der Waals surface area contributed by atoms with Gasteiger partial charge in [-0.15, -0.1) is 0 Å². The quantitative estimate of drug-likeness (QED) is 0.518. The standard InChI is InChI=1S/C9H14N4O/c1-12(2)5-4-9-8(10-7-14)6-11-13(9)3/h6H,4-5H2,1-3H3. The third kappa shape index (κ3) is 2.52. The van der Waals surface area contributed by atoms with Gasteiger partial charge in [0.2, 0.25) is 6.08 Å². The largest absolute Gasteiger partial charge is 0.309 e. The van der Waals surface area contributed by atoms with Crippen LogP contribution in [0.3, 0.4) is 0 Å². The van der Waals surface area contributed by atoms with E-state index in [0.717, 1.165) is 18.7 Å². The summed E-state index contributed by atoms with van der Waals surface area (Å²) in [4.78, 5) is 15.8. The lowest BCUT2D eigenvalue weighted by atomic mass is 10.2. The molecular weight excluding hydrogens is 180 g/mol. The molecule has 0 saturated carbocycles. The Labute approximate surface area is 83.0 Å². The minimum Gasteiger partial charge on any atom is -0.309 e. The molecule has 1 heterocycles. The van der Waals surface area contributed by atoms with Gasteiger partial charge < -0.3 is 4.90 Å². The van der Waals surface area contributed by atoms with E-state index in [1.165, 1.54) is 6.08 Å². The number of hydrogen-bond acceptors (Lipinski definition) is 4. The van der Waals surface area contributed by atoms with E-state index in [1.807, 2.05) is 21.1 Å². The van der Waals surface area contributed by atoms with Crippen LogP contribution in [0.4, 0.5) is 5.69 Å². The molecule has 0 atom stereocenters. The summed E-state index contributed by atoms with van der Waals surface area (Å²) in [5, 5.41) is 4.04. The number of carbonyl (C=O) groups excluding carboxylic acids is 1. The molecule has 0 spiro atoms. The van der Waals surface area contributed by atoms with Gasteiger partial charge in [-0.25, -0.2) is 4.79 Å². The minimum absolute atomic E-state index is 0.615. The van der Waals surface area contributed by atoms with Gasteiger partial charge in [0.05, 0.1) is 11.9 Å². The zero-order chi connectivity index (χ0) is 10.6. The Morgan fingerprint density at radius 2 is 2.36 bits per heavy atom. The molecule has 1 rings (SSSR count). The average Bonchev–Trinajstić information content (AvgIpc) is 2.45. The maximum absolute atomic E-state index is 10.1. The number of aromatic nitrogens is 2. The summed E-state index contributed by atoms with van der Waals surface area (Å²) < 4.78 is 1.74. The molecule has 0 unspecified atom stereocenters. The van der Waals surface area contributed by atoms with Crippen molar-refractivity contribution in [2.75, 3.05) is 20.6 Å². The van der Waals surface area contributed by atoms with Gasteiger partial charge in [0.1, 0.15) is 5.69 Å². The Balaban J connectivity index is 2.82. The van der Waals surface area contributed by atoms with Crippen molar-refractivity contribution in [3.8, 4) is 0 Å². The summed E-state index contributed by atoms with van der Waals surface area (Å²) in [7, 11) is 5.84. The fraction of sp³-hybridized carbons (Fsp3) is 0.556. The summed E-state index contributed by atoms with van der Waals surface area (Å²) in [5.41, 5.74) is 1.58. The van der Waals surface area contributed by atoms with Crippen LogP contribution in [0.15, 0.2) is 11.2 Å². The van der Waals surface area contributed by atoms with Gasteiger partial charge in [0.25, 0.3) is 0 Å². The van der Waals surface area contributed by atoms with Crippen molar-refractivity contribution in [2.24, 2.45) is 12.0 Å². The van der Waals surface area contributed by atoms with Crippen LogP contribution in [0.2, 0.25) is 0 Å². The molecule has 0 saturated heterocycles. The lowest BCUT2D eigenvalue weighted by molar-refractivity contribution is 0.408. The Bertz CT molecular complexity index is 350. The van der Waals surface area contributed by atoms with Gasteiger partial charge in [-0.05, 0) is 14.1 Å². The normalized spacial score (nSPS) is 10.3. The summed E-state index contributed by atoms with van der Waals surface area (Å²) in [6.07, 6.45) is 3.94. The number of rotatable bonds is 4. The number of aliphatic imine (C=N–C) groups is 1. The van der Waals surface area contributed by atoms with Gasteiger partial charge in [-0.2, -0.15) is 10.1 Å². The zero-order valence-corrected chi connectivity index (χ0v) is 8.69. The van der Waals surface area contributed by atoms with Gasteiger partial charge in [-0.3, -0.25) is 4.68 Å². The van der Waals surface area contributed by atoms with Crippen LogP contribution in [-0.4, -0.2) is 41.4 Å². The average molecular weight is 194 g/mol. The van der Waals surface area contributed by atoms with Crippen molar-refractivity contribution in [3.05, 3.63) is 11.9 Å². The highest BCUT2D eigenvalue weighted by atomic mass is 16.1. The second-order valence-electron chi connectivity index (χ2n) is 3.36. The molecule has 76 valence electrons. The molecule has 14 heavy (non-hydrogen) atoms. The predicted octanol–water partition coefficient (Wildman–Crippen LogP) is 0.491. The predicted molar refractivity (Wildman–Crippen MR) is 53.2 cm³/mol. The van der Waals surface area contributed by atoms with E-state index < -0.39 is 0 Å². The van der Waals surface area contributed by atoms with Crippen molar-refractivity contribution < 1.29 is 4.79 Å². The van der Waals surface area contributed by atoms with Gasteiger partial charge in [-0.1, -0.05) is 0 Å². The second kappa shape index (κ2) is 4.69. The number of isocyanates is 1. The van der Waals surface area contributed by atoms with Crippen LogP contribution in [0, 0.1) is 0 Å². The van der Waals surface area contributed by atoms with Crippen LogP contribution in [-0.2, 0) is 18.3 Å². The lowest BCUT2D eigenvalue weighted by Crippen LogP contribution is -2.16. The van der Waals surface area contributed by atoms with E-state index in [-0.39, 0.29) is 0 Å². The first-order valence-corrected chi connectivity index (χ1v) is 4.38. The van der Waals surface area contributed by atoms with Crippen molar-refractivity contribution in [2.45, 2.75) is 6.42 Å².